The molecule has 1 aliphatic heterocycles. The van der Waals surface area contributed by atoms with Crippen LogP contribution >= 0.6 is 0 Å². The Morgan fingerprint density at radius 3 is 0.831 bits per heavy atom. The number of aliphatic hydroxyl groups is 5. The van der Waals surface area contributed by atoms with E-state index in [1.165, 1.54) is 116 Å². The summed E-state index contributed by atoms with van der Waals surface area (Å²) in [7, 11) is 0. The zero-order valence-corrected chi connectivity index (χ0v) is 85.1. The lowest BCUT2D eigenvalue weighted by molar-refractivity contribution is -0.259. The van der Waals surface area contributed by atoms with E-state index in [0.717, 1.165) is 250 Å². The summed E-state index contributed by atoms with van der Waals surface area (Å²) >= 11 is 0. The number of pyridine rings is 2. The quantitative estimate of drug-likeness (QED) is 0.0290. The molecule has 0 unspecified atom stereocenters. The van der Waals surface area contributed by atoms with Gasteiger partial charge in [0.05, 0.1) is 13.2 Å². The highest BCUT2D eigenvalue weighted by Gasteiger charge is 2.57. The highest BCUT2D eigenvalue weighted by atomic mass is 19.4. The molecule has 21 nitrogen and oxygen atoms in total. The molecule has 810 valence electrons. The Morgan fingerprint density at radius 2 is 0.581 bits per heavy atom. The van der Waals surface area contributed by atoms with Crippen LogP contribution in [0.3, 0.4) is 0 Å². The summed E-state index contributed by atoms with van der Waals surface area (Å²) in [5.74, 6) is -0.310. The Kier molecular flexibility index (Phi) is 36.5. The van der Waals surface area contributed by atoms with Gasteiger partial charge in [-0.25, -0.2) is 0 Å². The Bertz CT molecular complexity index is 5380. The van der Waals surface area contributed by atoms with E-state index in [1.54, 1.807) is 17.3 Å². The van der Waals surface area contributed by atoms with Crippen molar-refractivity contribution < 1.29 is 125 Å². The van der Waals surface area contributed by atoms with E-state index in [9.17, 15) is 120 Å². The fourth-order valence-electron chi connectivity index (χ4n) is 21.7. The first kappa shape index (κ1) is 115. The largest absolute Gasteiger partial charge is 0.421 e. The lowest BCUT2D eigenvalue weighted by atomic mass is 9.69. The molecule has 10 fully saturated rings. The number of hydrogen-bond acceptors (Lipinski definition) is 15. The molecule has 17 rings (SSSR count). The molecule has 7 N–H and O–H groups in total. The van der Waals surface area contributed by atoms with Crippen molar-refractivity contribution in [2.45, 2.75) is 373 Å². The molecule has 0 radical (unpaired) electrons. The number of primary amides is 1. The van der Waals surface area contributed by atoms with Gasteiger partial charge in [-0.05, 0) is 314 Å². The van der Waals surface area contributed by atoms with Crippen molar-refractivity contribution in [3.05, 3.63) is 237 Å². The van der Waals surface area contributed by atoms with E-state index in [4.69, 9.17) is 10.5 Å². The van der Waals surface area contributed by atoms with E-state index >= 15 is 0 Å². The van der Waals surface area contributed by atoms with Crippen LogP contribution in [0.2, 0.25) is 0 Å². The summed E-state index contributed by atoms with van der Waals surface area (Å²) < 4.78 is 201. The SMILES string of the molecule is CC(C)(C(N)=O)C1CCC(N(C(=O)c2ccc([C@](C)(O)C(F)(F)F)cc2)C2CC2)CC1.CCN(C(=O)c1ccc([C@@](C)(O)C(F)(F)F)cc1)C1CCCCC1.C[C@](O)(c1ccc(C(=O)N(C2CC2)[C@@H]2CCC[C@@H](c3ccccn3)C2)cc1)C(F)(F)F.C[C@](O)(c1ccc(C(=O)N(C2CC2)[C@H]2CCC[C@H](c3ccccn3)C2)cc1)C(F)(F)F.C[C@](O)(c1ccc(C(=O)N(C2CCC(N3CCOCC3)CC2)C2CC2)cc1)C(F)(F)F. The molecule has 0 bridgehead atoms. The normalized spacial score (nSPS) is 23.9. The molecular weight excluding hydrogens is 1950 g/mol. The van der Waals surface area contributed by atoms with Gasteiger partial charge in [-0.15, -0.1) is 0 Å². The number of aromatic nitrogens is 2. The number of carbonyl (C=O) groups is 6. The number of morpholine rings is 1. The molecular formula is C112H140F15N9O12. The number of carbonyl (C=O) groups excluding carboxylic acids is 6. The summed E-state index contributed by atoms with van der Waals surface area (Å²) in [5, 5.41) is 49.1. The summed E-state index contributed by atoms with van der Waals surface area (Å²) in [4.78, 5) is 98.7. The van der Waals surface area contributed by atoms with E-state index < -0.39 is 64.3 Å². The van der Waals surface area contributed by atoms with Crippen molar-refractivity contribution in [2.24, 2.45) is 17.1 Å². The Morgan fingerprint density at radius 1 is 0.324 bits per heavy atom. The predicted octanol–water partition coefficient (Wildman–Crippen LogP) is 22.5. The van der Waals surface area contributed by atoms with Gasteiger partial charge in [0.2, 0.25) is 5.91 Å². The first-order valence-corrected chi connectivity index (χ1v) is 52.0. The molecule has 6 amide bonds. The number of alkyl halides is 15. The topological polar surface area (TPSA) is 284 Å². The van der Waals surface area contributed by atoms with Gasteiger partial charge in [0.25, 0.3) is 29.5 Å². The minimum absolute atomic E-state index is 0.0397. The van der Waals surface area contributed by atoms with E-state index in [-0.39, 0.29) is 124 Å². The second-order valence-corrected chi connectivity index (χ2v) is 43.1. The lowest BCUT2D eigenvalue weighted by Crippen LogP contribution is -2.49. The molecule has 148 heavy (non-hydrogen) atoms. The van der Waals surface area contributed by atoms with Gasteiger partial charge in [0.15, 0.2) is 28.0 Å². The van der Waals surface area contributed by atoms with Crippen LogP contribution < -0.4 is 5.73 Å². The van der Waals surface area contributed by atoms with Crippen molar-refractivity contribution in [3.8, 4) is 0 Å². The fraction of sp³-hybridized carbons (Fsp3) is 0.589. The highest BCUT2D eigenvalue weighted by molar-refractivity contribution is 5.97. The molecule has 0 spiro atoms. The van der Waals surface area contributed by atoms with Crippen LogP contribution in [-0.2, 0) is 37.5 Å². The summed E-state index contributed by atoms with van der Waals surface area (Å²) in [6.45, 7) is 13.3. The summed E-state index contributed by atoms with van der Waals surface area (Å²) in [5.41, 5.74) is -7.33. The second kappa shape index (κ2) is 47.0. The second-order valence-electron chi connectivity index (χ2n) is 43.1. The van der Waals surface area contributed by atoms with Crippen molar-refractivity contribution in [1.82, 2.24) is 39.4 Å². The third-order valence-corrected chi connectivity index (χ3v) is 32.2. The average Bonchev–Trinajstić information content (AvgIpc) is 1.71. The molecule has 9 saturated carbocycles. The van der Waals surface area contributed by atoms with Crippen LogP contribution in [0.15, 0.2) is 170 Å². The number of halogens is 15. The zero-order valence-electron chi connectivity index (χ0n) is 85.1. The van der Waals surface area contributed by atoms with Gasteiger partial charge < -0.3 is 60.5 Å². The summed E-state index contributed by atoms with van der Waals surface area (Å²) in [6.07, 6.45) is 7.37. The minimum atomic E-state index is -4.81. The van der Waals surface area contributed by atoms with Crippen LogP contribution in [0.5, 0.6) is 0 Å². The summed E-state index contributed by atoms with van der Waals surface area (Å²) in [6, 6.07) is 39.5. The molecule has 9 atom stereocenters. The van der Waals surface area contributed by atoms with Crippen molar-refractivity contribution in [2.75, 3.05) is 32.8 Å². The minimum Gasteiger partial charge on any atom is -0.379 e. The number of nitrogens with zero attached hydrogens (tertiary/aromatic N) is 8. The molecule has 2 aromatic heterocycles. The maximum atomic E-state index is 13.4. The first-order valence-electron chi connectivity index (χ1n) is 52.0. The van der Waals surface area contributed by atoms with Crippen LogP contribution in [0, 0.1) is 11.3 Å². The maximum Gasteiger partial charge on any atom is 0.421 e. The Hall–Kier alpha value is -10.1. The van der Waals surface area contributed by atoms with Crippen LogP contribution in [-0.4, -0.2) is 224 Å². The molecule has 36 heteroatoms. The lowest BCUT2D eigenvalue weighted by Gasteiger charge is -2.42. The van der Waals surface area contributed by atoms with Gasteiger partial charge in [0, 0.05) is 149 Å². The van der Waals surface area contributed by atoms with Crippen molar-refractivity contribution in [3.63, 3.8) is 0 Å². The highest BCUT2D eigenvalue weighted by Crippen LogP contribution is 2.50. The molecule has 7 aromatic rings. The van der Waals surface area contributed by atoms with E-state index in [0.29, 0.717) is 66.1 Å². The molecule has 9 aliphatic carbocycles. The van der Waals surface area contributed by atoms with Gasteiger partial charge >= 0.3 is 30.9 Å². The first-order chi connectivity index (χ1) is 69.5. The van der Waals surface area contributed by atoms with Gasteiger partial charge in [0.1, 0.15) is 0 Å². The predicted molar refractivity (Wildman–Crippen MR) is 526 cm³/mol. The molecule has 5 aromatic carbocycles. The van der Waals surface area contributed by atoms with Crippen LogP contribution in [0.4, 0.5) is 65.9 Å². The third kappa shape index (κ3) is 27.3. The number of benzene rings is 5. The van der Waals surface area contributed by atoms with Gasteiger partial charge in [-0.1, -0.05) is 119 Å². The molecule has 10 aliphatic rings. The smallest absolute Gasteiger partial charge is 0.379 e. The molecule has 1 saturated heterocycles. The standard InChI is InChI=1S/2C24H27F3N2O2.2C23H31F3N2O3.C18H24F3NO2/c2*1-23(31,24(25,26)27)18-10-8-16(9-11-18)22(30)29(19-12-13-19)20-6-4-5-17(15-20)21-7-2-3-14-28-21;1-22(30,23(24,25)26)17-4-2-16(3-5-17)21(29)28(20-10-11-20)19-8-6-18(7-9-19)27-12-14-31-15-13-27;1-21(2,20(27)30)15-8-10-17(11-9-15)28(18-12-13-18)19(29)14-4-6-16(7-5-14)22(3,31)23(24,25)26;1-3-22(15-7-5-4-6-8-15)16(23)13-9-11-14(12-10-13)17(2,24)18(19,20)21/h2*2-3,7-11,14,17,19-20,31H,4-6,12-13,15H2,1H3;2-5,18-20,30H,6-15H2,1H3;4-7,15,17-18,31H,8-13H2,1-3H3,(H2,27,30);9-12,15,24H,3-8H2,1-2H3/t17-,20-,23+;17-,20-,23-;18?,19?,22-;15?,17?,22-;17-/m10001/s1. The maximum absolute atomic E-state index is 13.4. The van der Waals surface area contributed by atoms with Gasteiger partial charge in [-0.3, -0.25) is 43.6 Å². The van der Waals surface area contributed by atoms with E-state index in [1.807, 2.05) is 76.8 Å². The Labute approximate surface area is 855 Å². The number of nitrogens with two attached hydrogens (primary N) is 1. The fourth-order valence-corrected chi connectivity index (χ4v) is 21.7. The monoisotopic (exact) mass is 2090 g/mol. The zero-order chi connectivity index (χ0) is 108. The average molecular weight is 2090 g/mol. The van der Waals surface area contributed by atoms with Crippen LogP contribution in [0.25, 0.3) is 0 Å². The van der Waals surface area contributed by atoms with Crippen molar-refractivity contribution in [1.29, 1.82) is 0 Å². The van der Waals surface area contributed by atoms with E-state index in [2.05, 4.69) is 14.9 Å². The van der Waals surface area contributed by atoms with Gasteiger partial charge in [-0.2, -0.15) is 65.9 Å². The number of hydrogen-bond donors (Lipinski definition) is 6. The number of amides is 6. The number of ether oxygens (including phenoxy) is 1. The van der Waals surface area contributed by atoms with Crippen molar-refractivity contribution >= 4 is 35.4 Å². The molecule has 3 heterocycles. The number of rotatable bonds is 25. The Balaban J connectivity index is 0.000000155. The van der Waals surface area contributed by atoms with Crippen LogP contribution in [0.1, 0.15) is 344 Å². The third-order valence-electron chi connectivity index (χ3n) is 32.2.